The zero-order chi connectivity index (χ0) is 22.8. The summed E-state index contributed by atoms with van der Waals surface area (Å²) in [5.74, 6) is -0.337. The number of sulfonamides is 1. The highest BCUT2D eigenvalue weighted by Gasteiger charge is 2.29. The molecular formula is C25H21N3O3S2. The molecule has 0 spiro atoms. The molecule has 0 unspecified atom stereocenters. The number of aromatic nitrogens is 1. The zero-order valence-corrected chi connectivity index (χ0v) is 19.3. The predicted octanol–water partition coefficient (Wildman–Crippen LogP) is 5.20. The summed E-state index contributed by atoms with van der Waals surface area (Å²) < 4.78 is 28.0. The molecule has 0 atom stereocenters. The summed E-state index contributed by atoms with van der Waals surface area (Å²) in [6, 6.07) is 23.3. The van der Waals surface area contributed by atoms with E-state index < -0.39 is 10.0 Å². The quantitative estimate of drug-likeness (QED) is 0.430. The van der Waals surface area contributed by atoms with Gasteiger partial charge in [-0.25, -0.2) is 13.4 Å². The lowest BCUT2D eigenvalue weighted by Gasteiger charge is -2.30. The van der Waals surface area contributed by atoms with Gasteiger partial charge in [-0.15, -0.1) is 11.3 Å². The predicted molar refractivity (Wildman–Crippen MR) is 131 cm³/mol. The van der Waals surface area contributed by atoms with Gasteiger partial charge in [-0.3, -0.25) is 14.4 Å². The Morgan fingerprint density at radius 3 is 2.45 bits per heavy atom. The number of hydrogen-bond acceptors (Lipinski definition) is 5. The van der Waals surface area contributed by atoms with E-state index in [0.717, 1.165) is 35.3 Å². The van der Waals surface area contributed by atoms with Gasteiger partial charge in [-0.1, -0.05) is 48.5 Å². The number of fused-ring (bicyclic) bond motifs is 1. The van der Waals surface area contributed by atoms with Gasteiger partial charge in [0.05, 0.1) is 16.3 Å². The number of carbonyl (C=O) groups excluding carboxylic acids is 1. The molecule has 33 heavy (non-hydrogen) atoms. The van der Waals surface area contributed by atoms with E-state index in [1.807, 2.05) is 60.0 Å². The fourth-order valence-corrected chi connectivity index (χ4v) is 6.15. The summed E-state index contributed by atoms with van der Waals surface area (Å²) >= 11 is 1.34. The van der Waals surface area contributed by atoms with Crippen molar-refractivity contribution in [3.8, 4) is 11.3 Å². The van der Waals surface area contributed by atoms with Crippen LogP contribution in [-0.4, -0.2) is 25.9 Å². The summed E-state index contributed by atoms with van der Waals surface area (Å²) in [5.41, 5.74) is 3.89. The standard InChI is InChI=1S/C25H21N3O3S2/c29-24(27-25-26-22(17-32-25)18-7-2-1-3-8-18)20-12-14-21(15-13-20)33(30,31)28-16-6-10-19-9-4-5-11-23(19)28/h1-5,7-9,11-15,17H,6,10,16H2,(H,26,27,29). The van der Waals surface area contributed by atoms with Crippen LogP contribution in [0.2, 0.25) is 0 Å². The van der Waals surface area contributed by atoms with Gasteiger partial charge in [-0.2, -0.15) is 0 Å². The van der Waals surface area contributed by atoms with Crippen LogP contribution in [0.4, 0.5) is 10.8 Å². The van der Waals surface area contributed by atoms with Crippen molar-refractivity contribution in [1.82, 2.24) is 4.98 Å². The van der Waals surface area contributed by atoms with E-state index in [-0.39, 0.29) is 10.8 Å². The van der Waals surface area contributed by atoms with Crippen LogP contribution in [0, 0.1) is 0 Å². The molecule has 166 valence electrons. The minimum Gasteiger partial charge on any atom is -0.298 e. The van der Waals surface area contributed by atoms with E-state index in [1.165, 1.54) is 39.9 Å². The zero-order valence-electron chi connectivity index (χ0n) is 17.6. The number of benzene rings is 3. The number of rotatable bonds is 5. The monoisotopic (exact) mass is 475 g/mol. The Bertz CT molecular complexity index is 1400. The van der Waals surface area contributed by atoms with Crippen LogP contribution in [-0.2, 0) is 16.4 Å². The van der Waals surface area contributed by atoms with Crippen molar-refractivity contribution in [2.75, 3.05) is 16.2 Å². The molecule has 2 heterocycles. The lowest BCUT2D eigenvalue weighted by molar-refractivity contribution is 0.102. The van der Waals surface area contributed by atoms with Crippen LogP contribution in [0.3, 0.4) is 0 Å². The Balaban J connectivity index is 1.33. The number of amides is 1. The van der Waals surface area contributed by atoms with Gasteiger partial charge in [0.15, 0.2) is 5.13 Å². The number of hydrogen-bond donors (Lipinski definition) is 1. The number of nitrogens with zero attached hydrogens (tertiary/aromatic N) is 2. The molecule has 0 saturated carbocycles. The third-order valence-electron chi connectivity index (χ3n) is 5.57. The lowest BCUT2D eigenvalue weighted by atomic mass is 10.0. The van der Waals surface area contributed by atoms with Crippen LogP contribution in [0.5, 0.6) is 0 Å². The molecule has 6 nitrogen and oxygen atoms in total. The van der Waals surface area contributed by atoms with E-state index in [2.05, 4.69) is 10.3 Å². The average Bonchev–Trinajstić information content (AvgIpc) is 3.33. The van der Waals surface area contributed by atoms with Crippen molar-refractivity contribution in [3.05, 3.63) is 95.4 Å². The summed E-state index contributed by atoms with van der Waals surface area (Å²) in [7, 11) is -3.71. The molecule has 1 aromatic heterocycles. The fourth-order valence-electron chi connectivity index (χ4n) is 3.90. The molecule has 3 aromatic carbocycles. The Labute approximate surface area is 196 Å². The molecular weight excluding hydrogens is 454 g/mol. The maximum absolute atomic E-state index is 13.3. The largest absolute Gasteiger partial charge is 0.298 e. The number of aryl methyl sites for hydroxylation is 1. The van der Waals surface area contributed by atoms with E-state index in [9.17, 15) is 13.2 Å². The number of thiazole rings is 1. The van der Waals surface area contributed by atoms with E-state index >= 15 is 0 Å². The van der Waals surface area contributed by atoms with Crippen LogP contribution in [0.1, 0.15) is 22.3 Å². The van der Waals surface area contributed by atoms with Gasteiger partial charge in [-0.05, 0) is 48.7 Å². The van der Waals surface area contributed by atoms with Gasteiger partial charge in [0, 0.05) is 23.1 Å². The molecule has 4 aromatic rings. The first kappa shape index (κ1) is 21.4. The first-order valence-electron chi connectivity index (χ1n) is 10.6. The van der Waals surface area contributed by atoms with Gasteiger partial charge >= 0.3 is 0 Å². The smallest absolute Gasteiger partial charge is 0.264 e. The van der Waals surface area contributed by atoms with Crippen molar-refractivity contribution in [3.63, 3.8) is 0 Å². The third-order valence-corrected chi connectivity index (χ3v) is 8.15. The van der Waals surface area contributed by atoms with Crippen LogP contribution in [0.25, 0.3) is 11.3 Å². The molecule has 1 amide bonds. The van der Waals surface area contributed by atoms with Crippen molar-refractivity contribution in [1.29, 1.82) is 0 Å². The van der Waals surface area contributed by atoms with Crippen LogP contribution >= 0.6 is 11.3 Å². The Morgan fingerprint density at radius 2 is 1.67 bits per heavy atom. The molecule has 1 aliphatic heterocycles. The fraction of sp³-hybridized carbons (Fsp3) is 0.120. The summed E-state index contributed by atoms with van der Waals surface area (Å²) in [5, 5.41) is 5.16. The van der Waals surface area contributed by atoms with Crippen molar-refractivity contribution >= 4 is 38.1 Å². The molecule has 5 rings (SSSR count). The SMILES string of the molecule is O=C(Nc1nc(-c2ccccc2)cs1)c1ccc(S(=O)(=O)N2CCCc3ccccc32)cc1. The van der Waals surface area contributed by atoms with Crippen LogP contribution < -0.4 is 9.62 Å². The van der Waals surface area contributed by atoms with Crippen molar-refractivity contribution < 1.29 is 13.2 Å². The average molecular weight is 476 g/mol. The second-order valence-corrected chi connectivity index (χ2v) is 10.4. The molecule has 0 bridgehead atoms. The first-order chi connectivity index (χ1) is 16.0. The second kappa shape index (κ2) is 8.80. The van der Waals surface area contributed by atoms with Crippen LogP contribution in [0.15, 0.2) is 89.1 Å². The molecule has 1 aliphatic rings. The van der Waals surface area contributed by atoms with Gasteiger partial charge in [0.2, 0.25) is 0 Å². The topological polar surface area (TPSA) is 79.4 Å². The summed E-state index contributed by atoms with van der Waals surface area (Å²) in [6.07, 6.45) is 1.64. The Kier molecular flexibility index (Phi) is 5.70. The van der Waals surface area contributed by atoms with E-state index in [1.54, 1.807) is 0 Å². The number of para-hydroxylation sites is 1. The molecule has 0 radical (unpaired) electrons. The summed E-state index contributed by atoms with van der Waals surface area (Å²) in [6.45, 7) is 0.440. The highest BCUT2D eigenvalue weighted by molar-refractivity contribution is 7.92. The normalized spacial score (nSPS) is 13.4. The number of carbonyl (C=O) groups is 1. The molecule has 0 saturated heterocycles. The Morgan fingerprint density at radius 1 is 0.939 bits per heavy atom. The molecule has 8 heteroatoms. The molecule has 0 aliphatic carbocycles. The highest BCUT2D eigenvalue weighted by Crippen LogP contribution is 2.32. The van der Waals surface area contributed by atoms with E-state index in [4.69, 9.17) is 0 Å². The second-order valence-electron chi connectivity index (χ2n) is 7.69. The van der Waals surface area contributed by atoms with Gasteiger partial charge < -0.3 is 0 Å². The minimum atomic E-state index is -3.71. The van der Waals surface area contributed by atoms with Gasteiger partial charge in [0.1, 0.15) is 0 Å². The highest BCUT2D eigenvalue weighted by atomic mass is 32.2. The van der Waals surface area contributed by atoms with E-state index in [0.29, 0.717) is 17.2 Å². The third kappa shape index (κ3) is 4.27. The maximum Gasteiger partial charge on any atom is 0.264 e. The molecule has 0 fully saturated rings. The first-order valence-corrected chi connectivity index (χ1v) is 12.9. The molecule has 1 N–H and O–H groups in total. The number of nitrogens with one attached hydrogen (secondary N) is 1. The Hall–Kier alpha value is -3.49. The lowest BCUT2D eigenvalue weighted by Crippen LogP contribution is -2.35. The summed E-state index contributed by atoms with van der Waals surface area (Å²) in [4.78, 5) is 17.3. The minimum absolute atomic E-state index is 0.163. The van der Waals surface area contributed by atoms with Crippen molar-refractivity contribution in [2.24, 2.45) is 0 Å². The number of anilines is 2. The van der Waals surface area contributed by atoms with Crippen molar-refractivity contribution in [2.45, 2.75) is 17.7 Å². The van der Waals surface area contributed by atoms with Gasteiger partial charge in [0.25, 0.3) is 15.9 Å². The maximum atomic E-state index is 13.3.